The molecule has 0 bridgehead atoms. The number of hydrogen-bond donors (Lipinski definition) is 1. The third-order valence-electron chi connectivity index (χ3n) is 5.32. The molecule has 1 saturated heterocycles. The highest BCUT2D eigenvalue weighted by molar-refractivity contribution is 8.16. The van der Waals surface area contributed by atoms with Crippen molar-refractivity contribution in [3.63, 3.8) is 0 Å². The number of nitrogens with zero attached hydrogens (tertiary/aromatic N) is 1. The molecule has 4 rings (SSSR count). The molecule has 1 atom stereocenters. The van der Waals surface area contributed by atoms with Crippen molar-refractivity contribution in [1.29, 1.82) is 0 Å². The molecule has 2 aromatic rings. The third-order valence-corrected chi connectivity index (χ3v) is 8.34. The molecular weight excluding hydrogens is 460 g/mol. The van der Waals surface area contributed by atoms with Crippen LogP contribution in [0.25, 0.3) is 0 Å². The van der Waals surface area contributed by atoms with Crippen LogP contribution in [0.15, 0.2) is 48.5 Å². The fraction of sp³-hybridized carbons (Fsp3) is 0.375. The van der Waals surface area contributed by atoms with Crippen molar-refractivity contribution in [1.82, 2.24) is 0 Å². The number of anilines is 2. The van der Waals surface area contributed by atoms with Gasteiger partial charge in [0.25, 0.3) is 5.91 Å². The Labute approximate surface area is 201 Å². The van der Waals surface area contributed by atoms with Crippen LogP contribution in [0.4, 0.5) is 11.4 Å². The summed E-state index contributed by atoms with van der Waals surface area (Å²) in [7, 11) is 0. The first-order chi connectivity index (χ1) is 16.0. The van der Waals surface area contributed by atoms with E-state index in [0.717, 1.165) is 0 Å². The number of thioether (sulfide) groups is 2. The molecule has 2 aliphatic rings. The van der Waals surface area contributed by atoms with Gasteiger partial charge in [0.2, 0.25) is 5.91 Å². The molecule has 0 spiro atoms. The third kappa shape index (κ3) is 6.03. The van der Waals surface area contributed by atoms with Gasteiger partial charge in [0.05, 0.1) is 16.0 Å². The second-order valence-corrected chi connectivity index (χ2v) is 10.6. The lowest BCUT2D eigenvalue weighted by Gasteiger charge is -2.27. The zero-order valence-electron chi connectivity index (χ0n) is 18.3. The van der Waals surface area contributed by atoms with Crippen LogP contribution in [0.3, 0.4) is 0 Å². The fourth-order valence-corrected chi connectivity index (χ4v) is 6.66. The molecule has 0 saturated carbocycles. The van der Waals surface area contributed by atoms with Crippen LogP contribution in [0.1, 0.15) is 29.9 Å². The molecule has 7 nitrogen and oxygen atoms in total. The highest BCUT2D eigenvalue weighted by Crippen LogP contribution is 2.43. The second-order valence-electron chi connectivity index (χ2n) is 7.83. The number of esters is 1. The van der Waals surface area contributed by atoms with Gasteiger partial charge in [0.15, 0.2) is 13.2 Å². The zero-order chi connectivity index (χ0) is 23.2. The lowest BCUT2D eigenvalue weighted by Crippen LogP contribution is -2.41. The molecule has 174 valence electrons. The molecule has 0 aliphatic carbocycles. The molecule has 2 aromatic carbocycles. The molecule has 0 aromatic heterocycles. The van der Waals surface area contributed by atoms with E-state index >= 15 is 0 Å². The predicted octanol–water partition coefficient (Wildman–Crippen LogP) is 4.24. The van der Waals surface area contributed by atoms with Gasteiger partial charge >= 0.3 is 5.97 Å². The van der Waals surface area contributed by atoms with Crippen LogP contribution in [-0.4, -0.2) is 48.5 Å². The van der Waals surface area contributed by atoms with Crippen molar-refractivity contribution in [2.24, 2.45) is 0 Å². The first-order valence-electron chi connectivity index (χ1n) is 10.8. The molecule has 2 heterocycles. The molecule has 1 unspecified atom stereocenters. The molecule has 2 aliphatic heterocycles. The molecule has 1 fully saturated rings. The van der Waals surface area contributed by atoms with E-state index in [2.05, 4.69) is 5.32 Å². The summed E-state index contributed by atoms with van der Waals surface area (Å²) in [6.45, 7) is 1.08. The van der Waals surface area contributed by atoms with Crippen molar-refractivity contribution in [2.45, 2.75) is 30.4 Å². The standard InChI is InChI=1S/C24H26N2O5S2/c1-16-13-21(27)25-19-5-2-3-6-20(19)26(16)22(28)14-31-23(29)15-30-18-9-7-17(8-10-18)24-32-11-4-12-33-24/h2-3,5-10,16,24H,4,11-15H2,1H3,(H,25,27). The summed E-state index contributed by atoms with van der Waals surface area (Å²) >= 11 is 3.90. The minimum Gasteiger partial charge on any atom is -0.482 e. The van der Waals surface area contributed by atoms with Gasteiger partial charge in [-0.05, 0) is 54.7 Å². The lowest BCUT2D eigenvalue weighted by molar-refractivity contribution is -0.149. The van der Waals surface area contributed by atoms with Crippen molar-refractivity contribution in [3.8, 4) is 5.75 Å². The number of nitrogens with one attached hydrogen (secondary N) is 1. The average Bonchev–Trinajstić information content (AvgIpc) is 2.96. The molecule has 33 heavy (non-hydrogen) atoms. The van der Waals surface area contributed by atoms with Gasteiger partial charge in [0.1, 0.15) is 5.75 Å². The van der Waals surface area contributed by atoms with Gasteiger partial charge < -0.3 is 19.7 Å². The maximum Gasteiger partial charge on any atom is 0.344 e. The summed E-state index contributed by atoms with van der Waals surface area (Å²) in [6, 6.07) is 14.5. The zero-order valence-corrected chi connectivity index (χ0v) is 20.0. The Hall–Kier alpha value is -2.65. The van der Waals surface area contributed by atoms with Crippen LogP contribution in [-0.2, 0) is 19.1 Å². The predicted molar refractivity (Wildman–Crippen MR) is 132 cm³/mol. The molecule has 9 heteroatoms. The van der Waals surface area contributed by atoms with Crippen molar-refractivity contribution in [3.05, 3.63) is 54.1 Å². The van der Waals surface area contributed by atoms with E-state index in [1.165, 1.54) is 28.4 Å². The van der Waals surface area contributed by atoms with Gasteiger partial charge in [-0.25, -0.2) is 4.79 Å². The monoisotopic (exact) mass is 486 g/mol. The Bertz CT molecular complexity index is 1010. The molecular formula is C24H26N2O5S2. The summed E-state index contributed by atoms with van der Waals surface area (Å²) in [5.41, 5.74) is 2.39. The van der Waals surface area contributed by atoms with Crippen molar-refractivity contribution < 1.29 is 23.9 Å². The average molecular weight is 487 g/mol. The summed E-state index contributed by atoms with van der Waals surface area (Å²) in [5.74, 6) is 1.74. The van der Waals surface area contributed by atoms with Crippen LogP contribution in [0.2, 0.25) is 0 Å². The first kappa shape index (κ1) is 23.5. The summed E-state index contributed by atoms with van der Waals surface area (Å²) in [5, 5.41) is 2.80. The number of benzene rings is 2. The highest BCUT2D eigenvalue weighted by Gasteiger charge is 2.30. The minimum atomic E-state index is -0.629. The topological polar surface area (TPSA) is 84.9 Å². The van der Waals surface area contributed by atoms with Crippen molar-refractivity contribution in [2.75, 3.05) is 34.9 Å². The van der Waals surface area contributed by atoms with E-state index in [0.29, 0.717) is 21.7 Å². The number of amides is 2. The number of carbonyl (C=O) groups is 3. The number of carbonyl (C=O) groups excluding carboxylic acids is 3. The highest BCUT2D eigenvalue weighted by atomic mass is 32.2. The Kier molecular flexibility index (Phi) is 7.82. The van der Waals surface area contributed by atoms with E-state index in [1.807, 2.05) is 47.8 Å². The van der Waals surface area contributed by atoms with E-state index in [1.54, 1.807) is 31.2 Å². The number of hydrogen-bond acceptors (Lipinski definition) is 7. The molecule has 0 radical (unpaired) electrons. The van der Waals surface area contributed by atoms with Gasteiger partial charge in [-0.1, -0.05) is 24.3 Å². The van der Waals surface area contributed by atoms with Crippen LogP contribution in [0.5, 0.6) is 5.75 Å². The number of ether oxygens (including phenoxy) is 2. The Balaban J connectivity index is 1.29. The van der Waals surface area contributed by atoms with E-state index in [9.17, 15) is 14.4 Å². The Morgan fingerprint density at radius 1 is 1.06 bits per heavy atom. The van der Waals surface area contributed by atoms with E-state index < -0.39 is 18.5 Å². The van der Waals surface area contributed by atoms with E-state index in [-0.39, 0.29) is 25.0 Å². The van der Waals surface area contributed by atoms with Gasteiger partial charge in [-0.2, -0.15) is 0 Å². The van der Waals surface area contributed by atoms with Crippen LogP contribution >= 0.6 is 23.5 Å². The SMILES string of the molecule is CC1CC(=O)Nc2ccccc2N1C(=O)COC(=O)COc1ccc(C2SCCCS2)cc1. The minimum absolute atomic E-state index is 0.158. The Morgan fingerprint density at radius 2 is 1.79 bits per heavy atom. The maximum absolute atomic E-state index is 12.9. The normalized spacial score (nSPS) is 18.6. The van der Waals surface area contributed by atoms with Gasteiger partial charge in [-0.15, -0.1) is 23.5 Å². The van der Waals surface area contributed by atoms with Crippen LogP contribution < -0.4 is 15.0 Å². The fourth-order valence-electron chi connectivity index (χ4n) is 3.76. The quantitative estimate of drug-likeness (QED) is 0.611. The first-order valence-corrected chi connectivity index (χ1v) is 12.9. The summed E-state index contributed by atoms with van der Waals surface area (Å²) < 4.78 is 11.1. The van der Waals surface area contributed by atoms with Crippen LogP contribution in [0, 0.1) is 0 Å². The lowest BCUT2D eigenvalue weighted by atomic mass is 10.1. The largest absolute Gasteiger partial charge is 0.482 e. The van der Waals surface area contributed by atoms with Gasteiger partial charge in [-0.3, -0.25) is 9.59 Å². The van der Waals surface area contributed by atoms with E-state index in [4.69, 9.17) is 9.47 Å². The Morgan fingerprint density at radius 3 is 2.55 bits per heavy atom. The smallest absolute Gasteiger partial charge is 0.344 e. The number of fused-ring (bicyclic) bond motifs is 1. The molecule has 2 amide bonds. The maximum atomic E-state index is 12.9. The van der Waals surface area contributed by atoms with Gasteiger partial charge in [0, 0.05) is 12.5 Å². The summed E-state index contributed by atoms with van der Waals surface area (Å²) in [4.78, 5) is 38.6. The number of para-hydroxylation sites is 2. The number of rotatable bonds is 6. The molecule has 1 N–H and O–H groups in total. The summed E-state index contributed by atoms with van der Waals surface area (Å²) in [6.07, 6.45) is 1.40. The second kappa shape index (κ2) is 11.0. The van der Waals surface area contributed by atoms with Crippen molar-refractivity contribution >= 4 is 52.7 Å².